The van der Waals surface area contributed by atoms with Crippen LogP contribution in [0.5, 0.6) is 0 Å². The van der Waals surface area contributed by atoms with E-state index < -0.39 is 37.1 Å². The van der Waals surface area contributed by atoms with Crippen LogP contribution in [0, 0.1) is 0 Å². The van der Waals surface area contributed by atoms with Crippen molar-refractivity contribution in [1.82, 2.24) is 0 Å². The molecule has 0 spiro atoms. The van der Waals surface area contributed by atoms with Gasteiger partial charge in [0.25, 0.3) is 0 Å². The zero-order valence-corrected chi connectivity index (χ0v) is 19.6. The molecule has 0 fully saturated rings. The number of aliphatic hydroxyl groups excluding tert-OH is 4. The topological polar surface area (TPSA) is 110 Å². The summed E-state index contributed by atoms with van der Waals surface area (Å²) in [6, 6.07) is 0. The second-order valence-electron chi connectivity index (χ2n) is 8.72. The van der Waals surface area contributed by atoms with E-state index in [0.29, 0.717) is 13.0 Å². The average Bonchev–Trinajstić information content (AvgIpc) is 2.76. The van der Waals surface area contributed by atoms with Crippen LogP contribution in [0.25, 0.3) is 0 Å². The predicted molar refractivity (Wildman–Crippen MR) is 121 cm³/mol. The number of unbranched alkanes of at least 4 members (excludes halogenated alkanes) is 12. The van der Waals surface area contributed by atoms with Crippen molar-refractivity contribution < 1.29 is 30.3 Å². The third-order valence-corrected chi connectivity index (χ3v) is 6.03. The molecule has 0 aromatic heterocycles. The van der Waals surface area contributed by atoms with Crippen LogP contribution in [0.3, 0.4) is 0 Å². The van der Waals surface area contributed by atoms with Crippen LogP contribution in [0.15, 0.2) is 0 Å². The van der Waals surface area contributed by atoms with Crippen molar-refractivity contribution in [3.8, 4) is 0 Å². The first kappa shape index (κ1) is 29.8. The van der Waals surface area contributed by atoms with E-state index in [4.69, 9.17) is 4.74 Å². The Morgan fingerprint density at radius 2 is 1.13 bits per heavy atom. The van der Waals surface area contributed by atoms with Gasteiger partial charge in [0.05, 0.1) is 13.2 Å². The van der Waals surface area contributed by atoms with Crippen LogP contribution in [-0.2, 0) is 4.74 Å². The van der Waals surface area contributed by atoms with E-state index in [0.717, 1.165) is 38.5 Å². The van der Waals surface area contributed by atoms with E-state index in [2.05, 4.69) is 13.8 Å². The predicted octanol–water partition coefficient (Wildman–Crippen LogP) is 3.70. The third-order valence-electron chi connectivity index (χ3n) is 6.03. The summed E-state index contributed by atoms with van der Waals surface area (Å²) >= 11 is 0. The molecule has 30 heavy (non-hydrogen) atoms. The highest BCUT2D eigenvalue weighted by Crippen LogP contribution is 2.28. The van der Waals surface area contributed by atoms with Gasteiger partial charge in [0.15, 0.2) is 0 Å². The molecule has 5 N–H and O–H groups in total. The van der Waals surface area contributed by atoms with Crippen molar-refractivity contribution in [2.24, 2.45) is 0 Å². The van der Waals surface area contributed by atoms with Crippen LogP contribution < -0.4 is 0 Å². The molecule has 0 aliphatic heterocycles. The Balaban J connectivity index is 4.57. The van der Waals surface area contributed by atoms with Gasteiger partial charge in [-0.15, -0.1) is 0 Å². The molecule has 0 radical (unpaired) electrons. The van der Waals surface area contributed by atoms with Crippen LogP contribution in [-0.4, -0.2) is 69.3 Å². The number of rotatable bonds is 22. The van der Waals surface area contributed by atoms with Crippen LogP contribution >= 0.6 is 0 Å². The first-order chi connectivity index (χ1) is 14.5. The number of hydrogen-bond acceptors (Lipinski definition) is 6. The summed E-state index contributed by atoms with van der Waals surface area (Å²) in [7, 11) is 0. The summed E-state index contributed by atoms with van der Waals surface area (Å²) in [6.07, 6.45) is 11.5. The summed E-state index contributed by atoms with van der Waals surface area (Å²) in [5.74, 6) is 0. The maximum Gasteiger partial charge on any atom is 0.121 e. The van der Waals surface area contributed by atoms with Crippen LogP contribution in [0.2, 0.25) is 0 Å². The molecule has 0 heterocycles. The van der Waals surface area contributed by atoms with Crippen LogP contribution in [0.1, 0.15) is 110 Å². The lowest BCUT2D eigenvalue weighted by atomic mass is 9.82. The number of aliphatic hydroxyl groups is 5. The molecular weight excluding hydrogens is 384 g/mol. The van der Waals surface area contributed by atoms with Gasteiger partial charge in [-0.05, 0) is 12.8 Å². The maximum absolute atomic E-state index is 11.2. The van der Waals surface area contributed by atoms with E-state index in [1.54, 1.807) is 0 Å². The number of ether oxygens (including phenoxy) is 1. The lowest BCUT2D eigenvalue weighted by Gasteiger charge is -2.40. The molecule has 0 amide bonds. The van der Waals surface area contributed by atoms with Crippen molar-refractivity contribution >= 4 is 0 Å². The minimum absolute atomic E-state index is 0.210. The molecule has 182 valence electrons. The quantitative estimate of drug-likeness (QED) is 0.166. The van der Waals surface area contributed by atoms with E-state index in [1.807, 2.05) is 0 Å². The molecule has 6 nitrogen and oxygen atoms in total. The van der Waals surface area contributed by atoms with Crippen molar-refractivity contribution in [2.75, 3.05) is 19.8 Å². The molecule has 0 aliphatic carbocycles. The van der Waals surface area contributed by atoms with E-state index in [1.165, 1.54) is 44.9 Å². The molecule has 0 aromatic carbocycles. The van der Waals surface area contributed by atoms with Crippen molar-refractivity contribution in [2.45, 2.75) is 134 Å². The Hall–Kier alpha value is -0.240. The summed E-state index contributed by atoms with van der Waals surface area (Å²) < 4.78 is 5.76. The van der Waals surface area contributed by atoms with Crippen molar-refractivity contribution in [3.05, 3.63) is 0 Å². The largest absolute Gasteiger partial charge is 0.394 e. The second kappa shape index (κ2) is 19.4. The van der Waals surface area contributed by atoms with Gasteiger partial charge < -0.3 is 30.3 Å². The minimum Gasteiger partial charge on any atom is -0.394 e. The fraction of sp³-hybridized carbons (Fsp3) is 1.00. The molecule has 0 saturated heterocycles. The zero-order valence-electron chi connectivity index (χ0n) is 19.6. The molecule has 0 aliphatic rings. The van der Waals surface area contributed by atoms with Gasteiger partial charge in [-0.3, -0.25) is 0 Å². The lowest BCUT2D eigenvalue weighted by Crippen LogP contribution is -2.59. The molecule has 6 heteroatoms. The highest BCUT2D eigenvalue weighted by molar-refractivity contribution is 4.97. The van der Waals surface area contributed by atoms with Crippen molar-refractivity contribution in [3.63, 3.8) is 0 Å². The molecule has 0 aromatic rings. The third kappa shape index (κ3) is 12.6. The SMILES string of the molecule is CCCCCCCCCOC(CO)C(O)(CCCCCCCCC)C(O)C(O)CO. The van der Waals surface area contributed by atoms with Crippen LogP contribution in [0.4, 0.5) is 0 Å². The lowest BCUT2D eigenvalue weighted by molar-refractivity contribution is -0.208. The molecule has 0 rings (SSSR count). The molecule has 4 atom stereocenters. The second-order valence-corrected chi connectivity index (χ2v) is 8.72. The van der Waals surface area contributed by atoms with E-state index in [-0.39, 0.29) is 6.42 Å². The molecule has 0 bridgehead atoms. The average molecular weight is 435 g/mol. The standard InChI is InChI=1S/C24H50O6/c1-3-5-7-9-11-13-15-17-24(29,23(28)21(27)19-25)22(20-26)30-18-16-14-12-10-8-6-4-2/h21-23,25-29H,3-20H2,1-2H3. The highest BCUT2D eigenvalue weighted by Gasteiger charge is 2.46. The number of hydrogen-bond donors (Lipinski definition) is 5. The molecule has 0 saturated carbocycles. The Morgan fingerprint density at radius 1 is 0.667 bits per heavy atom. The summed E-state index contributed by atoms with van der Waals surface area (Å²) in [5, 5.41) is 50.6. The molecule has 4 unspecified atom stereocenters. The molecular formula is C24H50O6. The highest BCUT2D eigenvalue weighted by atomic mass is 16.5. The Labute approximate surface area is 184 Å². The van der Waals surface area contributed by atoms with Gasteiger partial charge in [0.1, 0.15) is 23.9 Å². The van der Waals surface area contributed by atoms with E-state index >= 15 is 0 Å². The Bertz CT molecular complexity index is 368. The maximum atomic E-state index is 11.2. The zero-order chi connectivity index (χ0) is 22.7. The fourth-order valence-electron chi connectivity index (χ4n) is 3.94. The monoisotopic (exact) mass is 434 g/mol. The first-order valence-corrected chi connectivity index (χ1v) is 12.4. The summed E-state index contributed by atoms with van der Waals surface area (Å²) in [5.41, 5.74) is -1.79. The van der Waals surface area contributed by atoms with Gasteiger partial charge in [-0.2, -0.15) is 0 Å². The van der Waals surface area contributed by atoms with Crippen molar-refractivity contribution in [1.29, 1.82) is 0 Å². The summed E-state index contributed by atoms with van der Waals surface area (Å²) in [4.78, 5) is 0. The van der Waals surface area contributed by atoms with Gasteiger partial charge >= 0.3 is 0 Å². The Kier molecular flexibility index (Phi) is 19.3. The fourth-order valence-corrected chi connectivity index (χ4v) is 3.94. The minimum atomic E-state index is -1.79. The van der Waals surface area contributed by atoms with Gasteiger partial charge in [-0.25, -0.2) is 0 Å². The normalized spacial score (nSPS) is 16.9. The van der Waals surface area contributed by atoms with Gasteiger partial charge in [0.2, 0.25) is 0 Å². The Morgan fingerprint density at radius 3 is 1.60 bits per heavy atom. The smallest absolute Gasteiger partial charge is 0.121 e. The van der Waals surface area contributed by atoms with E-state index in [9.17, 15) is 25.5 Å². The van der Waals surface area contributed by atoms with Gasteiger partial charge in [-0.1, -0.05) is 97.3 Å². The van der Waals surface area contributed by atoms with Gasteiger partial charge in [0, 0.05) is 6.61 Å². The first-order valence-electron chi connectivity index (χ1n) is 12.4. The summed E-state index contributed by atoms with van der Waals surface area (Å²) in [6.45, 7) is 3.66.